The van der Waals surface area contributed by atoms with Crippen molar-refractivity contribution >= 4 is 23.1 Å². The number of nitrogen functional groups attached to an aromatic ring is 1. The average Bonchev–Trinajstić information content (AvgIpc) is 2.59. The lowest BCUT2D eigenvalue weighted by Crippen LogP contribution is -2.02. The first-order valence-corrected chi connectivity index (χ1v) is 7.06. The maximum absolute atomic E-state index is 6.23. The molecule has 0 spiro atoms. The van der Waals surface area contributed by atoms with Gasteiger partial charge in [-0.25, -0.2) is 4.98 Å². The standard InChI is InChI=1S/C14H18ClN3/c15-11-7-8-12-17-13(14(16)18(12)9-11)10-5-3-1-2-4-6-10/h7-10H,1-6,16H2. The van der Waals surface area contributed by atoms with Gasteiger partial charge in [-0.2, -0.15) is 0 Å². The van der Waals surface area contributed by atoms with Gasteiger partial charge in [0.25, 0.3) is 0 Å². The summed E-state index contributed by atoms with van der Waals surface area (Å²) in [5.41, 5.74) is 8.20. The van der Waals surface area contributed by atoms with Gasteiger partial charge in [0.1, 0.15) is 11.5 Å². The van der Waals surface area contributed by atoms with Gasteiger partial charge in [-0.15, -0.1) is 0 Å². The molecule has 0 aromatic carbocycles. The number of pyridine rings is 1. The summed E-state index contributed by atoms with van der Waals surface area (Å²) in [7, 11) is 0. The van der Waals surface area contributed by atoms with E-state index < -0.39 is 0 Å². The average molecular weight is 264 g/mol. The number of aromatic nitrogens is 2. The number of hydrogen-bond acceptors (Lipinski definition) is 2. The van der Waals surface area contributed by atoms with Gasteiger partial charge in [0.15, 0.2) is 0 Å². The van der Waals surface area contributed by atoms with Crippen LogP contribution in [0.15, 0.2) is 18.3 Å². The highest BCUT2D eigenvalue weighted by Crippen LogP contribution is 2.34. The molecule has 2 N–H and O–H groups in total. The first kappa shape index (κ1) is 11.8. The molecule has 1 aliphatic rings. The summed E-state index contributed by atoms with van der Waals surface area (Å²) in [5.74, 6) is 1.28. The molecule has 0 amide bonds. The zero-order valence-electron chi connectivity index (χ0n) is 10.4. The summed E-state index contributed by atoms with van der Waals surface area (Å²) in [5, 5.41) is 0.694. The highest BCUT2D eigenvalue weighted by atomic mass is 35.5. The molecule has 0 atom stereocenters. The molecule has 0 aliphatic heterocycles. The first-order valence-electron chi connectivity index (χ1n) is 6.68. The minimum absolute atomic E-state index is 0.520. The molecule has 1 aliphatic carbocycles. The highest BCUT2D eigenvalue weighted by molar-refractivity contribution is 6.30. The second-order valence-corrected chi connectivity index (χ2v) is 5.58. The van der Waals surface area contributed by atoms with Crippen molar-refractivity contribution in [3.8, 4) is 0 Å². The zero-order valence-corrected chi connectivity index (χ0v) is 11.2. The number of rotatable bonds is 1. The Morgan fingerprint density at radius 2 is 1.89 bits per heavy atom. The van der Waals surface area contributed by atoms with Crippen LogP contribution in [-0.2, 0) is 0 Å². The third-order valence-electron chi connectivity index (χ3n) is 3.89. The number of imidazole rings is 1. The van der Waals surface area contributed by atoms with Crippen molar-refractivity contribution in [2.75, 3.05) is 5.73 Å². The third-order valence-corrected chi connectivity index (χ3v) is 4.11. The SMILES string of the molecule is Nc1c(C2CCCCCC2)nc2ccc(Cl)cn12. The molecular formula is C14H18ClN3. The molecule has 0 radical (unpaired) electrons. The Bertz CT molecular complexity index is 553. The Labute approximate surface area is 112 Å². The van der Waals surface area contributed by atoms with Crippen LogP contribution in [0.2, 0.25) is 5.02 Å². The van der Waals surface area contributed by atoms with E-state index in [9.17, 15) is 0 Å². The molecule has 2 aromatic heterocycles. The maximum Gasteiger partial charge on any atom is 0.138 e. The van der Waals surface area contributed by atoms with Crippen LogP contribution in [0.3, 0.4) is 0 Å². The van der Waals surface area contributed by atoms with Gasteiger partial charge in [0, 0.05) is 12.1 Å². The van der Waals surface area contributed by atoms with E-state index in [2.05, 4.69) is 0 Å². The molecule has 3 rings (SSSR count). The van der Waals surface area contributed by atoms with E-state index in [1.807, 2.05) is 22.7 Å². The number of hydrogen-bond donors (Lipinski definition) is 1. The molecule has 0 bridgehead atoms. The van der Waals surface area contributed by atoms with Gasteiger partial charge in [-0.1, -0.05) is 37.3 Å². The number of nitrogens with zero attached hydrogens (tertiary/aromatic N) is 2. The van der Waals surface area contributed by atoms with E-state index in [1.165, 1.54) is 38.5 Å². The van der Waals surface area contributed by atoms with Crippen LogP contribution in [0.4, 0.5) is 5.82 Å². The smallest absolute Gasteiger partial charge is 0.138 e. The van der Waals surface area contributed by atoms with Crippen molar-refractivity contribution in [1.82, 2.24) is 9.38 Å². The van der Waals surface area contributed by atoms with Crippen molar-refractivity contribution < 1.29 is 0 Å². The van der Waals surface area contributed by atoms with E-state index >= 15 is 0 Å². The molecule has 1 saturated carbocycles. The summed E-state index contributed by atoms with van der Waals surface area (Å²) in [6, 6.07) is 3.79. The van der Waals surface area contributed by atoms with Crippen LogP contribution in [0.5, 0.6) is 0 Å². The van der Waals surface area contributed by atoms with Gasteiger partial charge < -0.3 is 5.73 Å². The van der Waals surface area contributed by atoms with E-state index in [-0.39, 0.29) is 0 Å². The Morgan fingerprint density at radius 1 is 1.17 bits per heavy atom. The minimum Gasteiger partial charge on any atom is -0.383 e. The summed E-state index contributed by atoms with van der Waals surface area (Å²) in [4.78, 5) is 4.70. The molecule has 3 nitrogen and oxygen atoms in total. The summed E-state index contributed by atoms with van der Waals surface area (Å²) < 4.78 is 1.91. The first-order chi connectivity index (χ1) is 8.75. The van der Waals surface area contributed by atoms with Gasteiger partial charge in [-0.05, 0) is 25.0 Å². The predicted molar refractivity (Wildman–Crippen MR) is 75.1 cm³/mol. The zero-order chi connectivity index (χ0) is 12.5. The van der Waals surface area contributed by atoms with Crippen molar-refractivity contribution in [1.29, 1.82) is 0 Å². The Morgan fingerprint density at radius 3 is 2.61 bits per heavy atom. The fourth-order valence-electron chi connectivity index (χ4n) is 2.91. The summed E-state index contributed by atoms with van der Waals surface area (Å²) in [6.07, 6.45) is 9.53. The minimum atomic E-state index is 0.520. The molecule has 4 heteroatoms. The van der Waals surface area contributed by atoms with Crippen molar-refractivity contribution in [2.24, 2.45) is 0 Å². The number of fused-ring (bicyclic) bond motifs is 1. The maximum atomic E-state index is 6.23. The molecule has 1 fully saturated rings. The van der Waals surface area contributed by atoms with Crippen LogP contribution in [0.1, 0.15) is 50.1 Å². The fourth-order valence-corrected chi connectivity index (χ4v) is 3.07. The molecule has 0 saturated heterocycles. The summed E-state index contributed by atoms with van der Waals surface area (Å²) in [6.45, 7) is 0. The lowest BCUT2D eigenvalue weighted by molar-refractivity contribution is 0.582. The van der Waals surface area contributed by atoms with Crippen LogP contribution < -0.4 is 5.73 Å². The lowest BCUT2D eigenvalue weighted by Gasteiger charge is -2.11. The largest absolute Gasteiger partial charge is 0.383 e. The van der Waals surface area contributed by atoms with Crippen LogP contribution in [0, 0.1) is 0 Å². The lowest BCUT2D eigenvalue weighted by atomic mass is 9.97. The van der Waals surface area contributed by atoms with Crippen molar-refractivity contribution in [2.45, 2.75) is 44.4 Å². The van der Waals surface area contributed by atoms with E-state index in [4.69, 9.17) is 22.3 Å². The Balaban J connectivity index is 2.03. The quantitative estimate of drug-likeness (QED) is 0.790. The van der Waals surface area contributed by atoms with Gasteiger partial charge in [-0.3, -0.25) is 4.40 Å². The third kappa shape index (κ3) is 2.07. The van der Waals surface area contributed by atoms with Crippen LogP contribution in [-0.4, -0.2) is 9.38 Å². The molecule has 18 heavy (non-hydrogen) atoms. The van der Waals surface area contributed by atoms with Gasteiger partial charge >= 0.3 is 0 Å². The normalized spacial score (nSPS) is 18.1. The number of anilines is 1. The highest BCUT2D eigenvalue weighted by Gasteiger charge is 2.21. The number of halogens is 1. The second kappa shape index (κ2) is 4.81. The van der Waals surface area contributed by atoms with Gasteiger partial charge in [0.05, 0.1) is 10.7 Å². The molecule has 2 aromatic rings. The molecule has 2 heterocycles. The van der Waals surface area contributed by atoms with Crippen molar-refractivity contribution in [3.63, 3.8) is 0 Å². The fraction of sp³-hybridized carbons (Fsp3) is 0.500. The van der Waals surface area contributed by atoms with Crippen LogP contribution in [0.25, 0.3) is 5.65 Å². The summed E-state index contributed by atoms with van der Waals surface area (Å²) >= 11 is 6.01. The van der Waals surface area contributed by atoms with E-state index in [0.717, 1.165) is 17.2 Å². The molecule has 96 valence electrons. The molecule has 0 unspecified atom stereocenters. The van der Waals surface area contributed by atoms with Crippen molar-refractivity contribution in [3.05, 3.63) is 29.0 Å². The topological polar surface area (TPSA) is 43.3 Å². The van der Waals surface area contributed by atoms with Gasteiger partial charge in [0.2, 0.25) is 0 Å². The molecular weight excluding hydrogens is 246 g/mol. The van der Waals surface area contributed by atoms with E-state index in [1.54, 1.807) is 0 Å². The second-order valence-electron chi connectivity index (χ2n) is 5.15. The number of nitrogens with two attached hydrogens (primary N) is 1. The Hall–Kier alpha value is -1.22. The van der Waals surface area contributed by atoms with E-state index in [0.29, 0.717) is 10.9 Å². The van der Waals surface area contributed by atoms with Crippen LogP contribution >= 0.6 is 11.6 Å². The Kier molecular flexibility index (Phi) is 3.16. The predicted octanol–water partition coefficient (Wildman–Crippen LogP) is 4.01. The monoisotopic (exact) mass is 263 g/mol.